The number of nitrogens with one attached hydrogen (secondary N) is 1. The lowest BCUT2D eigenvalue weighted by atomic mass is 10.2. The summed E-state index contributed by atoms with van der Waals surface area (Å²) in [4.78, 5) is 0.313. The van der Waals surface area contributed by atoms with Crippen LogP contribution in [0.25, 0.3) is 0 Å². The van der Waals surface area contributed by atoms with Crippen LogP contribution >= 0.6 is 15.9 Å². The van der Waals surface area contributed by atoms with Crippen molar-refractivity contribution in [3.05, 3.63) is 59.2 Å². The number of aryl methyl sites for hydroxylation is 2. The van der Waals surface area contributed by atoms with Gasteiger partial charge < -0.3 is 0 Å². The summed E-state index contributed by atoms with van der Waals surface area (Å²) in [5.74, 6) is 0. The van der Waals surface area contributed by atoms with Gasteiger partial charge in [-0.25, -0.2) is 8.42 Å². The SMILES string of the molecule is Cc1ccc(S(=O)(=O)Nc2ccc(CBr)cc2)c(C)c1. The lowest BCUT2D eigenvalue weighted by Crippen LogP contribution is -2.14. The first kappa shape index (κ1) is 15.1. The van der Waals surface area contributed by atoms with E-state index in [4.69, 9.17) is 0 Å². The van der Waals surface area contributed by atoms with Crippen molar-refractivity contribution in [3.8, 4) is 0 Å². The van der Waals surface area contributed by atoms with Crippen LogP contribution in [0.3, 0.4) is 0 Å². The van der Waals surface area contributed by atoms with Gasteiger partial charge in [-0.15, -0.1) is 0 Å². The first-order valence-corrected chi connectivity index (χ1v) is 8.78. The molecule has 0 aromatic heterocycles. The van der Waals surface area contributed by atoms with Gasteiger partial charge in [0.1, 0.15) is 0 Å². The van der Waals surface area contributed by atoms with Gasteiger partial charge in [0, 0.05) is 11.0 Å². The standard InChI is InChI=1S/C15H16BrNO2S/c1-11-3-8-15(12(2)9-11)20(18,19)17-14-6-4-13(10-16)5-7-14/h3-9,17H,10H2,1-2H3. The van der Waals surface area contributed by atoms with E-state index in [9.17, 15) is 8.42 Å². The third-order valence-corrected chi connectivity index (χ3v) is 5.17. The van der Waals surface area contributed by atoms with Crippen molar-refractivity contribution < 1.29 is 8.42 Å². The van der Waals surface area contributed by atoms with E-state index in [0.717, 1.165) is 22.0 Å². The zero-order valence-corrected chi connectivity index (χ0v) is 13.8. The minimum absolute atomic E-state index is 0.313. The second kappa shape index (κ2) is 5.97. The predicted molar refractivity (Wildman–Crippen MR) is 85.8 cm³/mol. The average Bonchev–Trinajstić information content (AvgIpc) is 2.38. The molecule has 0 amide bonds. The Balaban J connectivity index is 2.30. The molecule has 0 spiro atoms. The van der Waals surface area contributed by atoms with Crippen LogP contribution < -0.4 is 4.72 Å². The first-order chi connectivity index (χ1) is 9.42. The quantitative estimate of drug-likeness (QED) is 0.844. The van der Waals surface area contributed by atoms with Crippen LogP contribution in [-0.4, -0.2) is 8.42 Å². The summed E-state index contributed by atoms with van der Waals surface area (Å²) in [5.41, 5.74) is 3.45. The van der Waals surface area contributed by atoms with E-state index in [1.54, 1.807) is 31.2 Å². The molecule has 0 fully saturated rings. The lowest BCUT2D eigenvalue weighted by Gasteiger charge is -2.11. The molecule has 106 valence electrons. The third kappa shape index (κ3) is 3.41. The van der Waals surface area contributed by atoms with Gasteiger partial charge in [0.15, 0.2) is 0 Å². The molecule has 3 nitrogen and oxygen atoms in total. The molecule has 2 aromatic carbocycles. The second-order valence-electron chi connectivity index (χ2n) is 4.71. The molecular weight excluding hydrogens is 338 g/mol. The highest BCUT2D eigenvalue weighted by Gasteiger charge is 2.16. The van der Waals surface area contributed by atoms with E-state index in [-0.39, 0.29) is 0 Å². The van der Waals surface area contributed by atoms with Crippen LogP contribution in [0.4, 0.5) is 5.69 Å². The summed E-state index contributed by atoms with van der Waals surface area (Å²) in [6.45, 7) is 3.74. The van der Waals surface area contributed by atoms with E-state index in [2.05, 4.69) is 20.7 Å². The molecule has 0 heterocycles. The van der Waals surface area contributed by atoms with Gasteiger partial charge in [-0.1, -0.05) is 45.8 Å². The second-order valence-corrected chi connectivity index (χ2v) is 6.92. The van der Waals surface area contributed by atoms with Crippen LogP contribution in [-0.2, 0) is 15.4 Å². The van der Waals surface area contributed by atoms with E-state index >= 15 is 0 Å². The number of alkyl halides is 1. The van der Waals surface area contributed by atoms with Crippen molar-refractivity contribution in [1.82, 2.24) is 0 Å². The average molecular weight is 354 g/mol. The smallest absolute Gasteiger partial charge is 0.262 e. The molecule has 0 saturated heterocycles. The van der Waals surface area contributed by atoms with Gasteiger partial charge in [0.25, 0.3) is 10.0 Å². The molecule has 2 rings (SSSR count). The number of rotatable bonds is 4. The molecule has 0 aliphatic heterocycles. The number of benzene rings is 2. The third-order valence-electron chi connectivity index (χ3n) is 2.98. The number of anilines is 1. The predicted octanol–water partition coefficient (Wildman–Crippen LogP) is 4.00. The zero-order valence-electron chi connectivity index (χ0n) is 11.4. The molecule has 20 heavy (non-hydrogen) atoms. The summed E-state index contributed by atoms with van der Waals surface area (Å²) < 4.78 is 27.3. The van der Waals surface area contributed by atoms with Crippen LogP contribution in [0.5, 0.6) is 0 Å². The monoisotopic (exact) mass is 353 g/mol. The van der Waals surface area contributed by atoms with Gasteiger partial charge in [-0.3, -0.25) is 4.72 Å². The molecule has 0 aliphatic carbocycles. The maximum absolute atomic E-state index is 12.4. The van der Waals surface area contributed by atoms with Gasteiger partial charge in [0.2, 0.25) is 0 Å². The molecule has 0 atom stereocenters. The summed E-state index contributed by atoms with van der Waals surface area (Å²) >= 11 is 3.36. The van der Waals surface area contributed by atoms with Crippen molar-refractivity contribution in [1.29, 1.82) is 0 Å². The van der Waals surface area contributed by atoms with E-state index < -0.39 is 10.0 Å². The molecule has 0 radical (unpaired) electrons. The highest BCUT2D eigenvalue weighted by molar-refractivity contribution is 9.08. The Hall–Kier alpha value is -1.33. The zero-order chi connectivity index (χ0) is 14.8. The summed E-state index contributed by atoms with van der Waals surface area (Å²) in [6.07, 6.45) is 0. The van der Waals surface area contributed by atoms with Crippen LogP contribution in [0.2, 0.25) is 0 Å². The molecule has 2 aromatic rings. The topological polar surface area (TPSA) is 46.2 Å². The van der Waals surface area contributed by atoms with Crippen molar-refractivity contribution in [3.63, 3.8) is 0 Å². The Morgan fingerprint density at radius 2 is 1.70 bits per heavy atom. The van der Waals surface area contributed by atoms with Gasteiger partial charge in [-0.05, 0) is 43.2 Å². The summed E-state index contributed by atoms with van der Waals surface area (Å²) in [5, 5.41) is 0.747. The van der Waals surface area contributed by atoms with Gasteiger partial charge in [0.05, 0.1) is 4.90 Å². The van der Waals surface area contributed by atoms with Gasteiger partial charge >= 0.3 is 0 Å². The van der Waals surface area contributed by atoms with E-state index in [0.29, 0.717) is 10.6 Å². The number of hydrogen-bond acceptors (Lipinski definition) is 2. The summed E-state index contributed by atoms with van der Waals surface area (Å²) in [6, 6.07) is 12.6. The number of hydrogen-bond donors (Lipinski definition) is 1. The fourth-order valence-electron chi connectivity index (χ4n) is 1.97. The molecular formula is C15H16BrNO2S. The normalized spacial score (nSPS) is 11.3. The first-order valence-electron chi connectivity index (χ1n) is 6.17. The fraction of sp³-hybridized carbons (Fsp3) is 0.200. The lowest BCUT2D eigenvalue weighted by molar-refractivity contribution is 0.600. The molecule has 5 heteroatoms. The maximum atomic E-state index is 12.4. The van der Waals surface area contributed by atoms with Crippen molar-refractivity contribution in [2.24, 2.45) is 0 Å². The maximum Gasteiger partial charge on any atom is 0.262 e. The Labute approximate surface area is 128 Å². The minimum Gasteiger partial charge on any atom is -0.280 e. The summed E-state index contributed by atoms with van der Waals surface area (Å²) in [7, 11) is -3.54. The minimum atomic E-state index is -3.54. The Kier molecular flexibility index (Phi) is 4.50. The number of halogens is 1. The van der Waals surface area contributed by atoms with Crippen LogP contribution in [0, 0.1) is 13.8 Å². The van der Waals surface area contributed by atoms with Gasteiger partial charge in [-0.2, -0.15) is 0 Å². The van der Waals surface area contributed by atoms with Crippen molar-refractivity contribution >= 4 is 31.6 Å². The largest absolute Gasteiger partial charge is 0.280 e. The Bertz CT molecular complexity index is 709. The molecule has 0 bridgehead atoms. The van der Waals surface area contributed by atoms with Crippen molar-refractivity contribution in [2.45, 2.75) is 24.1 Å². The molecule has 1 N–H and O–H groups in total. The highest BCUT2D eigenvalue weighted by atomic mass is 79.9. The van der Waals surface area contributed by atoms with Crippen LogP contribution in [0.1, 0.15) is 16.7 Å². The van der Waals surface area contributed by atoms with E-state index in [1.165, 1.54) is 0 Å². The Morgan fingerprint density at radius 1 is 1.05 bits per heavy atom. The molecule has 0 unspecified atom stereocenters. The van der Waals surface area contributed by atoms with E-state index in [1.807, 2.05) is 25.1 Å². The highest BCUT2D eigenvalue weighted by Crippen LogP contribution is 2.21. The Morgan fingerprint density at radius 3 is 2.25 bits per heavy atom. The molecule has 0 aliphatic rings. The van der Waals surface area contributed by atoms with Crippen molar-refractivity contribution in [2.75, 3.05) is 4.72 Å². The van der Waals surface area contributed by atoms with Crippen LogP contribution in [0.15, 0.2) is 47.4 Å². The molecule has 0 saturated carbocycles. The number of sulfonamides is 1. The fourth-order valence-corrected chi connectivity index (χ4v) is 3.63.